The third-order valence-corrected chi connectivity index (χ3v) is 6.72. The minimum absolute atomic E-state index is 0.0360. The Morgan fingerprint density at radius 3 is 2.37 bits per heavy atom. The van der Waals surface area contributed by atoms with Gasteiger partial charge in [-0.3, -0.25) is 9.59 Å². The number of hydrogen-bond donors (Lipinski definition) is 2. The van der Waals surface area contributed by atoms with Crippen LogP contribution >= 0.6 is 0 Å². The molecule has 2 N–H and O–H groups in total. The molecule has 1 fully saturated rings. The van der Waals surface area contributed by atoms with E-state index in [4.69, 9.17) is 4.74 Å². The van der Waals surface area contributed by atoms with Gasteiger partial charge >= 0.3 is 6.09 Å². The van der Waals surface area contributed by atoms with Gasteiger partial charge in [-0.15, -0.1) is 0 Å². The monoisotopic (exact) mass is 482 g/mol. The number of ether oxygens (including phenoxy) is 1. The van der Waals surface area contributed by atoms with E-state index in [-0.39, 0.29) is 17.4 Å². The Morgan fingerprint density at radius 1 is 1.14 bits per heavy atom. The van der Waals surface area contributed by atoms with Crippen LogP contribution in [0.1, 0.15) is 64.6 Å². The molecule has 3 rings (SSSR count). The average Bonchev–Trinajstić information content (AvgIpc) is 2.76. The van der Waals surface area contributed by atoms with Crippen LogP contribution in [0.5, 0.6) is 0 Å². The molecule has 35 heavy (non-hydrogen) atoms. The van der Waals surface area contributed by atoms with Crippen molar-refractivity contribution in [3.05, 3.63) is 46.0 Å². The second kappa shape index (κ2) is 10.6. The van der Waals surface area contributed by atoms with Gasteiger partial charge in [0.2, 0.25) is 5.91 Å². The highest BCUT2D eigenvalue weighted by Gasteiger charge is 2.34. The number of pyridine rings is 2. The van der Waals surface area contributed by atoms with E-state index in [1.54, 1.807) is 50.7 Å². The second-order valence-electron chi connectivity index (χ2n) is 10.8. The molecular formula is C27H38N4O4. The van der Waals surface area contributed by atoms with Gasteiger partial charge in [0, 0.05) is 36.1 Å². The number of aromatic nitrogens is 2. The van der Waals surface area contributed by atoms with Crippen LogP contribution in [0.15, 0.2) is 29.2 Å². The molecule has 0 unspecified atom stereocenters. The van der Waals surface area contributed by atoms with E-state index in [0.29, 0.717) is 11.7 Å². The number of aryl methyl sites for hydroxylation is 1. The molecule has 190 valence electrons. The van der Waals surface area contributed by atoms with Gasteiger partial charge < -0.3 is 19.9 Å². The van der Waals surface area contributed by atoms with Gasteiger partial charge in [-0.1, -0.05) is 19.8 Å². The molecule has 1 atom stereocenters. The molecule has 0 bridgehead atoms. The largest absolute Gasteiger partial charge is 0.444 e. The molecule has 2 heterocycles. The highest BCUT2D eigenvalue weighted by atomic mass is 16.6. The molecule has 8 nitrogen and oxygen atoms in total. The fourth-order valence-corrected chi connectivity index (χ4v) is 4.68. The maximum Gasteiger partial charge on any atom is 0.408 e. The van der Waals surface area contributed by atoms with E-state index in [0.717, 1.165) is 48.1 Å². The topological polar surface area (TPSA) is 102 Å². The lowest BCUT2D eigenvalue weighted by molar-refractivity contribution is -0.119. The summed E-state index contributed by atoms with van der Waals surface area (Å²) in [6.07, 6.45) is 4.87. The number of anilines is 1. The van der Waals surface area contributed by atoms with Gasteiger partial charge in [0.1, 0.15) is 17.5 Å². The summed E-state index contributed by atoms with van der Waals surface area (Å²) in [5.41, 5.74) is 2.82. The van der Waals surface area contributed by atoms with E-state index < -0.39 is 17.7 Å². The van der Waals surface area contributed by atoms with Crippen molar-refractivity contribution in [2.45, 2.75) is 78.9 Å². The minimum atomic E-state index is -0.702. The third kappa shape index (κ3) is 6.71. The zero-order chi connectivity index (χ0) is 25.9. The van der Waals surface area contributed by atoms with E-state index in [1.807, 2.05) is 19.9 Å². The molecule has 0 radical (unpaired) electrons. The molecule has 0 spiro atoms. The van der Waals surface area contributed by atoms with E-state index >= 15 is 0 Å². The molecule has 1 aliphatic rings. The normalized spacial score (nSPS) is 19.1. The van der Waals surface area contributed by atoms with Crippen LogP contribution < -0.4 is 16.2 Å². The van der Waals surface area contributed by atoms with Crippen molar-refractivity contribution >= 4 is 17.8 Å². The molecule has 2 aromatic rings. The Kier molecular flexibility index (Phi) is 8.03. The third-order valence-electron chi connectivity index (χ3n) is 6.72. The maximum absolute atomic E-state index is 13.3. The summed E-state index contributed by atoms with van der Waals surface area (Å²) >= 11 is 0. The molecule has 8 heteroatoms. The van der Waals surface area contributed by atoms with Gasteiger partial charge in [-0.2, -0.15) is 0 Å². The Balaban J connectivity index is 1.78. The Labute approximate surface area is 207 Å². The van der Waals surface area contributed by atoms with Crippen molar-refractivity contribution in [3.8, 4) is 11.1 Å². The number of carbonyl (C=O) groups excluding carboxylic acids is 2. The summed E-state index contributed by atoms with van der Waals surface area (Å²) in [6.45, 7) is 11.4. The molecule has 1 aliphatic carbocycles. The fraction of sp³-hybridized carbons (Fsp3) is 0.556. The average molecular weight is 483 g/mol. The lowest BCUT2D eigenvalue weighted by Gasteiger charge is -2.32. The predicted molar refractivity (Wildman–Crippen MR) is 137 cm³/mol. The quantitative estimate of drug-likeness (QED) is 0.642. The smallest absolute Gasteiger partial charge is 0.408 e. The van der Waals surface area contributed by atoms with Crippen LogP contribution in [0.3, 0.4) is 0 Å². The minimum Gasteiger partial charge on any atom is -0.444 e. The fourth-order valence-electron chi connectivity index (χ4n) is 4.68. The van der Waals surface area contributed by atoms with Crippen molar-refractivity contribution in [1.82, 2.24) is 14.9 Å². The van der Waals surface area contributed by atoms with Crippen LogP contribution in [0.25, 0.3) is 11.1 Å². The molecule has 2 aromatic heterocycles. The first kappa shape index (κ1) is 26.4. The molecule has 0 aromatic carbocycles. The van der Waals surface area contributed by atoms with Crippen molar-refractivity contribution in [3.63, 3.8) is 0 Å². The molecule has 0 saturated heterocycles. The van der Waals surface area contributed by atoms with Crippen LogP contribution in [-0.4, -0.2) is 33.2 Å². The number of amides is 2. The molecular weight excluding hydrogens is 444 g/mol. The Morgan fingerprint density at radius 2 is 1.80 bits per heavy atom. The van der Waals surface area contributed by atoms with Crippen LogP contribution in [0, 0.1) is 25.7 Å². The lowest BCUT2D eigenvalue weighted by atomic mass is 9.79. The molecule has 0 aliphatic heterocycles. The zero-order valence-corrected chi connectivity index (χ0v) is 21.9. The van der Waals surface area contributed by atoms with Crippen molar-refractivity contribution < 1.29 is 14.3 Å². The summed E-state index contributed by atoms with van der Waals surface area (Å²) in [4.78, 5) is 42.3. The van der Waals surface area contributed by atoms with Crippen molar-refractivity contribution in [1.29, 1.82) is 0 Å². The standard InChI is InChI=1S/C27H38N4O4/c1-16-8-10-19(11-9-16)24(30-26(34)35-27(4,5)6)25(33)29-21-13-12-20(15-28-21)23-17(2)14-22(32)31(7)18(23)3/h12-16,19,24H,8-11H2,1-7H3,(H,30,34)(H,28,29,33)/t16?,19?,24-/m0/s1. The molecule has 2 amide bonds. The van der Waals surface area contributed by atoms with E-state index in [9.17, 15) is 14.4 Å². The number of nitrogens with one attached hydrogen (secondary N) is 2. The SMILES string of the molecule is Cc1cc(=O)n(C)c(C)c1-c1ccc(NC(=O)[C@@H](NC(=O)OC(C)(C)C)C2CCC(C)CC2)nc1. The summed E-state index contributed by atoms with van der Waals surface area (Å²) < 4.78 is 7.02. The number of alkyl carbamates (subject to hydrolysis) is 1. The van der Waals surface area contributed by atoms with E-state index in [1.165, 1.54) is 0 Å². The molecule has 1 saturated carbocycles. The van der Waals surface area contributed by atoms with Gasteiger partial charge in [0.25, 0.3) is 5.56 Å². The maximum atomic E-state index is 13.3. The van der Waals surface area contributed by atoms with Gasteiger partial charge in [0.05, 0.1) is 0 Å². The zero-order valence-electron chi connectivity index (χ0n) is 21.9. The van der Waals surface area contributed by atoms with Gasteiger partial charge in [-0.05, 0) is 77.0 Å². The Hall–Kier alpha value is -3.16. The Bertz CT molecular complexity index is 1120. The van der Waals surface area contributed by atoms with E-state index in [2.05, 4.69) is 22.5 Å². The van der Waals surface area contributed by atoms with Crippen molar-refractivity contribution in [2.75, 3.05) is 5.32 Å². The van der Waals surface area contributed by atoms with Gasteiger partial charge in [-0.25, -0.2) is 9.78 Å². The first-order chi connectivity index (χ1) is 16.4. The van der Waals surface area contributed by atoms with Crippen molar-refractivity contribution in [2.24, 2.45) is 18.9 Å². The van der Waals surface area contributed by atoms with Crippen LogP contribution in [-0.2, 0) is 16.6 Å². The second-order valence-corrected chi connectivity index (χ2v) is 10.8. The first-order valence-corrected chi connectivity index (χ1v) is 12.3. The first-order valence-electron chi connectivity index (χ1n) is 12.3. The lowest BCUT2D eigenvalue weighted by Crippen LogP contribution is -2.50. The number of rotatable bonds is 5. The highest BCUT2D eigenvalue weighted by Crippen LogP contribution is 2.31. The highest BCUT2D eigenvalue weighted by molar-refractivity contribution is 5.96. The van der Waals surface area contributed by atoms with Gasteiger partial charge in [0.15, 0.2) is 0 Å². The van der Waals surface area contributed by atoms with Crippen LogP contribution in [0.4, 0.5) is 10.6 Å². The number of hydrogen-bond acceptors (Lipinski definition) is 5. The van der Waals surface area contributed by atoms with Crippen LogP contribution in [0.2, 0.25) is 0 Å². The number of carbonyl (C=O) groups is 2. The predicted octanol–water partition coefficient (Wildman–Crippen LogP) is 4.72. The summed E-state index contributed by atoms with van der Waals surface area (Å²) in [7, 11) is 1.74. The summed E-state index contributed by atoms with van der Waals surface area (Å²) in [6, 6.07) is 4.52. The summed E-state index contributed by atoms with van der Waals surface area (Å²) in [5.74, 6) is 0.758. The summed E-state index contributed by atoms with van der Waals surface area (Å²) in [5, 5.41) is 5.68. The number of nitrogens with zero attached hydrogens (tertiary/aromatic N) is 2.